The van der Waals surface area contributed by atoms with Gasteiger partial charge in [-0.05, 0) is 6.42 Å². The lowest BCUT2D eigenvalue weighted by Gasteiger charge is -2.36. The lowest BCUT2D eigenvalue weighted by molar-refractivity contribution is -0.144. The predicted octanol–water partition coefficient (Wildman–Crippen LogP) is -0.126. The minimum atomic E-state index is -1.49. The molecule has 98 valence electrons. The molecule has 2 aliphatic heterocycles. The zero-order chi connectivity index (χ0) is 12.4. The van der Waals surface area contributed by atoms with Gasteiger partial charge < -0.3 is 20.3 Å². The number of thioether (sulfide) groups is 1. The summed E-state index contributed by atoms with van der Waals surface area (Å²) < 4.78 is 19.3. The Kier molecular flexibility index (Phi) is 4.24. The van der Waals surface area contributed by atoms with Gasteiger partial charge in [0, 0.05) is 6.54 Å². The standard InChI is InChI=1S/C10H17FN2O3S/c1-2-3-12-10-13-7-6(11)8(15)5(4-14)16-9(7)17-10/h5-9,14-15H,2-4H2,1H3,(H,12,13)/t5-,6-,7-,8-,9-/m1/s1. The maximum atomic E-state index is 13.9. The average molecular weight is 264 g/mol. The highest BCUT2D eigenvalue weighted by Crippen LogP contribution is 2.36. The summed E-state index contributed by atoms with van der Waals surface area (Å²) in [6.07, 6.45) is -2.70. The van der Waals surface area contributed by atoms with Crippen LogP contribution in [0.3, 0.4) is 0 Å². The summed E-state index contributed by atoms with van der Waals surface area (Å²) in [5, 5.41) is 22.3. The van der Waals surface area contributed by atoms with Crippen LogP contribution >= 0.6 is 11.8 Å². The zero-order valence-electron chi connectivity index (χ0n) is 9.54. The fourth-order valence-electron chi connectivity index (χ4n) is 1.87. The number of aliphatic imine (C=N–C) groups is 1. The molecule has 0 aromatic carbocycles. The Balaban J connectivity index is 2.01. The maximum absolute atomic E-state index is 13.9. The van der Waals surface area contributed by atoms with Gasteiger partial charge in [0.05, 0.1) is 6.61 Å². The Morgan fingerprint density at radius 3 is 3.00 bits per heavy atom. The molecule has 0 saturated carbocycles. The first-order valence-corrected chi connectivity index (χ1v) is 6.62. The number of hydrogen-bond donors (Lipinski definition) is 3. The maximum Gasteiger partial charge on any atom is 0.159 e. The number of nitrogens with zero attached hydrogens (tertiary/aromatic N) is 1. The van der Waals surface area contributed by atoms with Crippen molar-refractivity contribution in [1.29, 1.82) is 0 Å². The molecule has 0 spiro atoms. The van der Waals surface area contributed by atoms with Gasteiger partial charge in [0.2, 0.25) is 0 Å². The van der Waals surface area contributed by atoms with Gasteiger partial charge in [0.1, 0.15) is 23.7 Å². The first-order chi connectivity index (χ1) is 8.17. The van der Waals surface area contributed by atoms with Crippen molar-refractivity contribution >= 4 is 16.9 Å². The number of aliphatic hydroxyl groups is 2. The van der Waals surface area contributed by atoms with Crippen LogP contribution < -0.4 is 5.32 Å². The third kappa shape index (κ3) is 2.57. The third-order valence-corrected chi connectivity index (χ3v) is 3.92. The summed E-state index contributed by atoms with van der Waals surface area (Å²) in [6.45, 7) is 2.41. The molecule has 2 heterocycles. The van der Waals surface area contributed by atoms with E-state index in [0.717, 1.165) is 13.0 Å². The van der Waals surface area contributed by atoms with E-state index < -0.39 is 29.9 Å². The summed E-state index contributed by atoms with van der Waals surface area (Å²) in [5.74, 6) is 0. The highest BCUT2D eigenvalue weighted by Gasteiger charge is 2.49. The van der Waals surface area contributed by atoms with Crippen LogP contribution in [0.15, 0.2) is 4.99 Å². The Hall–Kier alpha value is -0.370. The van der Waals surface area contributed by atoms with Crippen molar-refractivity contribution < 1.29 is 19.3 Å². The predicted molar refractivity (Wildman–Crippen MR) is 63.8 cm³/mol. The van der Waals surface area contributed by atoms with E-state index in [1.54, 1.807) is 0 Å². The van der Waals surface area contributed by atoms with E-state index in [4.69, 9.17) is 9.84 Å². The second-order valence-corrected chi connectivity index (χ2v) is 5.22. The van der Waals surface area contributed by atoms with Crippen LogP contribution in [0.2, 0.25) is 0 Å². The summed E-state index contributed by atoms with van der Waals surface area (Å²) in [7, 11) is 0. The molecular formula is C10H17FN2O3S. The highest BCUT2D eigenvalue weighted by molar-refractivity contribution is 8.14. The Morgan fingerprint density at radius 1 is 1.59 bits per heavy atom. The van der Waals surface area contributed by atoms with E-state index in [0.29, 0.717) is 5.17 Å². The van der Waals surface area contributed by atoms with Gasteiger partial charge >= 0.3 is 0 Å². The second kappa shape index (κ2) is 5.51. The van der Waals surface area contributed by atoms with Crippen molar-refractivity contribution in [3.05, 3.63) is 0 Å². The summed E-state index contributed by atoms with van der Waals surface area (Å²) in [6, 6.07) is -0.683. The van der Waals surface area contributed by atoms with Crippen LogP contribution in [0.5, 0.6) is 0 Å². The van der Waals surface area contributed by atoms with Gasteiger partial charge in [0.25, 0.3) is 0 Å². The molecule has 7 heteroatoms. The van der Waals surface area contributed by atoms with Gasteiger partial charge in [-0.2, -0.15) is 0 Å². The Morgan fingerprint density at radius 2 is 2.35 bits per heavy atom. The van der Waals surface area contributed by atoms with E-state index in [2.05, 4.69) is 10.3 Å². The number of alkyl halides is 1. The fraction of sp³-hybridized carbons (Fsp3) is 0.900. The zero-order valence-corrected chi connectivity index (χ0v) is 10.4. The molecule has 3 N–H and O–H groups in total. The minimum Gasteiger partial charge on any atom is -0.394 e. The Bertz CT molecular complexity index is 305. The molecule has 0 radical (unpaired) electrons. The summed E-state index contributed by atoms with van der Waals surface area (Å²) in [4.78, 5) is 4.17. The molecule has 1 saturated heterocycles. The lowest BCUT2D eigenvalue weighted by atomic mass is 10.0. The first kappa shape index (κ1) is 13.1. The molecule has 0 aromatic rings. The van der Waals surface area contributed by atoms with Crippen LogP contribution in [-0.2, 0) is 4.74 Å². The summed E-state index contributed by atoms with van der Waals surface area (Å²) >= 11 is 1.31. The van der Waals surface area contributed by atoms with Crippen molar-refractivity contribution in [1.82, 2.24) is 5.32 Å². The van der Waals surface area contributed by atoms with E-state index in [9.17, 15) is 9.50 Å². The van der Waals surface area contributed by atoms with Crippen LogP contribution in [-0.4, -0.2) is 58.4 Å². The quantitative estimate of drug-likeness (QED) is 0.662. The first-order valence-electron chi connectivity index (χ1n) is 5.74. The molecular weight excluding hydrogens is 247 g/mol. The lowest BCUT2D eigenvalue weighted by Crippen LogP contribution is -2.53. The topological polar surface area (TPSA) is 74.1 Å². The van der Waals surface area contributed by atoms with Gasteiger partial charge in [-0.15, -0.1) is 0 Å². The third-order valence-electron chi connectivity index (χ3n) is 2.82. The van der Waals surface area contributed by atoms with Crippen molar-refractivity contribution in [3.63, 3.8) is 0 Å². The molecule has 2 aliphatic rings. The molecule has 2 rings (SSSR count). The minimum absolute atomic E-state index is 0.386. The monoisotopic (exact) mass is 264 g/mol. The number of nitrogens with one attached hydrogen (secondary N) is 1. The van der Waals surface area contributed by atoms with Gasteiger partial charge in [0.15, 0.2) is 11.3 Å². The molecule has 0 aromatic heterocycles. The number of amidine groups is 1. The van der Waals surface area contributed by atoms with Crippen LogP contribution in [0, 0.1) is 0 Å². The number of ether oxygens (including phenoxy) is 1. The van der Waals surface area contributed by atoms with E-state index >= 15 is 0 Å². The largest absolute Gasteiger partial charge is 0.394 e. The fourth-order valence-corrected chi connectivity index (χ4v) is 3.00. The number of rotatable bonds is 3. The van der Waals surface area contributed by atoms with E-state index in [1.807, 2.05) is 6.92 Å². The van der Waals surface area contributed by atoms with Gasteiger partial charge in [-0.1, -0.05) is 18.7 Å². The Labute approximate surface area is 103 Å². The van der Waals surface area contributed by atoms with Gasteiger partial charge in [-0.3, -0.25) is 4.99 Å². The molecule has 0 unspecified atom stereocenters. The average Bonchev–Trinajstić information content (AvgIpc) is 2.74. The van der Waals surface area contributed by atoms with E-state index in [1.165, 1.54) is 11.8 Å². The van der Waals surface area contributed by atoms with Gasteiger partial charge in [-0.25, -0.2) is 4.39 Å². The van der Waals surface area contributed by atoms with Crippen LogP contribution in [0.25, 0.3) is 0 Å². The highest BCUT2D eigenvalue weighted by atomic mass is 32.2. The molecule has 5 atom stereocenters. The SMILES string of the molecule is CCCNC1=N[C@@H]2[C@@H](F)[C@H](O)[C@@H](CO)O[C@@H]2S1. The molecule has 0 aliphatic carbocycles. The van der Waals surface area contributed by atoms with E-state index in [-0.39, 0.29) is 6.61 Å². The smallest absolute Gasteiger partial charge is 0.159 e. The van der Waals surface area contributed by atoms with Crippen LogP contribution in [0.1, 0.15) is 13.3 Å². The number of fused-ring (bicyclic) bond motifs is 1. The van der Waals surface area contributed by atoms with Crippen molar-refractivity contribution in [2.75, 3.05) is 13.2 Å². The molecule has 0 bridgehead atoms. The van der Waals surface area contributed by atoms with Crippen molar-refractivity contribution in [2.45, 2.75) is 43.2 Å². The molecule has 17 heavy (non-hydrogen) atoms. The number of halogens is 1. The van der Waals surface area contributed by atoms with Crippen molar-refractivity contribution in [3.8, 4) is 0 Å². The molecule has 1 fully saturated rings. The van der Waals surface area contributed by atoms with Crippen LogP contribution in [0.4, 0.5) is 4.39 Å². The summed E-state index contributed by atoms with van der Waals surface area (Å²) in [5.41, 5.74) is -0.454. The normalized spacial score (nSPS) is 40.9. The second-order valence-electron chi connectivity index (χ2n) is 4.13. The number of hydrogen-bond acceptors (Lipinski definition) is 6. The molecule has 5 nitrogen and oxygen atoms in total. The molecule has 0 amide bonds. The van der Waals surface area contributed by atoms with Crippen molar-refractivity contribution in [2.24, 2.45) is 4.99 Å². The number of aliphatic hydroxyl groups excluding tert-OH is 2.